The van der Waals surface area contributed by atoms with Crippen molar-refractivity contribution >= 4 is 5.82 Å². The smallest absolute Gasteiger partial charge is 0.221 e. The SMILES string of the molecule is CCc1nc(-c2c(C)nn(C)c2OC)c(N)n1CC(C)C. The molecule has 6 nitrogen and oxygen atoms in total. The highest BCUT2D eigenvalue weighted by molar-refractivity contribution is 5.77. The fraction of sp³-hybridized carbons (Fsp3) is 0.600. The van der Waals surface area contributed by atoms with Gasteiger partial charge in [-0.25, -0.2) is 9.67 Å². The summed E-state index contributed by atoms with van der Waals surface area (Å²) < 4.78 is 9.29. The van der Waals surface area contributed by atoms with Gasteiger partial charge in [-0.2, -0.15) is 5.10 Å². The molecule has 0 unspecified atom stereocenters. The number of nitrogens with two attached hydrogens (primary N) is 1. The first kappa shape index (κ1) is 15.4. The summed E-state index contributed by atoms with van der Waals surface area (Å²) in [6.45, 7) is 9.26. The Morgan fingerprint density at radius 3 is 2.52 bits per heavy atom. The number of hydrogen-bond donors (Lipinski definition) is 1. The molecule has 0 aliphatic rings. The number of ether oxygens (including phenoxy) is 1. The summed E-state index contributed by atoms with van der Waals surface area (Å²) >= 11 is 0. The fourth-order valence-corrected chi connectivity index (χ4v) is 2.68. The van der Waals surface area contributed by atoms with Crippen LogP contribution in [-0.4, -0.2) is 26.4 Å². The molecule has 0 radical (unpaired) electrons. The van der Waals surface area contributed by atoms with Gasteiger partial charge in [-0.05, 0) is 12.8 Å². The van der Waals surface area contributed by atoms with Crippen LogP contribution in [0.15, 0.2) is 0 Å². The van der Waals surface area contributed by atoms with E-state index in [1.165, 1.54) is 0 Å². The summed E-state index contributed by atoms with van der Waals surface area (Å²) in [5, 5.41) is 4.41. The van der Waals surface area contributed by atoms with Crippen LogP contribution in [0, 0.1) is 12.8 Å². The molecule has 0 fully saturated rings. The predicted octanol–water partition coefficient (Wildman–Crippen LogP) is 2.40. The molecule has 2 aromatic heterocycles. The van der Waals surface area contributed by atoms with Gasteiger partial charge in [-0.3, -0.25) is 0 Å². The van der Waals surface area contributed by atoms with E-state index in [4.69, 9.17) is 15.5 Å². The molecule has 0 amide bonds. The molecular weight excluding hydrogens is 266 g/mol. The quantitative estimate of drug-likeness (QED) is 0.918. The average Bonchev–Trinajstić information content (AvgIpc) is 2.86. The van der Waals surface area contributed by atoms with Crippen LogP contribution in [0.25, 0.3) is 11.3 Å². The van der Waals surface area contributed by atoms with E-state index in [1.807, 2.05) is 14.0 Å². The molecule has 0 saturated carbocycles. The minimum absolute atomic E-state index is 0.511. The second kappa shape index (κ2) is 5.79. The first-order chi connectivity index (χ1) is 9.90. The molecule has 0 bridgehead atoms. The first-order valence-corrected chi connectivity index (χ1v) is 7.33. The zero-order valence-corrected chi connectivity index (χ0v) is 13.8. The summed E-state index contributed by atoms with van der Waals surface area (Å²) in [5.74, 6) is 2.89. The molecule has 2 heterocycles. The Morgan fingerprint density at radius 1 is 1.33 bits per heavy atom. The molecule has 0 spiro atoms. The van der Waals surface area contributed by atoms with Crippen molar-refractivity contribution in [1.29, 1.82) is 0 Å². The Morgan fingerprint density at radius 2 is 2.00 bits per heavy atom. The monoisotopic (exact) mass is 291 g/mol. The predicted molar refractivity (Wildman–Crippen MR) is 84.3 cm³/mol. The highest BCUT2D eigenvalue weighted by Crippen LogP contribution is 2.36. The third-order valence-corrected chi connectivity index (χ3v) is 3.55. The van der Waals surface area contributed by atoms with Gasteiger partial charge in [0.05, 0.1) is 18.4 Å². The average molecular weight is 291 g/mol. The van der Waals surface area contributed by atoms with E-state index in [0.717, 1.165) is 35.7 Å². The highest BCUT2D eigenvalue weighted by Gasteiger charge is 2.23. The molecule has 2 aromatic rings. The number of aryl methyl sites for hydroxylation is 3. The van der Waals surface area contributed by atoms with E-state index in [1.54, 1.807) is 11.8 Å². The lowest BCUT2D eigenvalue weighted by Crippen LogP contribution is -2.11. The fourth-order valence-electron chi connectivity index (χ4n) is 2.68. The van der Waals surface area contributed by atoms with Gasteiger partial charge in [0, 0.05) is 20.0 Å². The molecule has 116 valence electrons. The van der Waals surface area contributed by atoms with Crippen molar-refractivity contribution in [1.82, 2.24) is 19.3 Å². The van der Waals surface area contributed by atoms with Crippen LogP contribution < -0.4 is 10.5 Å². The van der Waals surface area contributed by atoms with Gasteiger partial charge in [0.25, 0.3) is 0 Å². The van der Waals surface area contributed by atoms with Crippen molar-refractivity contribution < 1.29 is 4.74 Å². The third kappa shape index (κ3) is 2.62. The van der Waals surface area contributed by atoms with Crippen molar-refractivity contribution in [2.45, 2.75) is 40.7 Å². The minimum Gasteiger partial charge on any atom is -0.481 e. The Hall–Kier alpha value is -1.98. The van der Waals surface area contributed by atoms with Gasteiger partial charge in [-0.1, -0.05) is 20.8 Å². The molecular formula is C15H25N5O. The lowest BCUT2D eigenvalue weighted by molar-refractivity contribution is 0.374. The number of rotatable bonds is 5. The Labute approximate surface area is 125 Å². The van der Waals surface area contributed by atoms with E-state index in [9.17, 15) is 0 Å². The lowest BCUT2D eigenvalue weighted by Gasteiger charge is -2.11. The Bertz CT molecular complexity index is 639. The van der Waals surface area contributed by atoms with Gasteiger partial charge >= 0.3 is 0 Å². The van der Waals surface area contributed by atoms with E-state index in [-0.39, 0.29) is 0 Å². The largest absolute Gasteiger partial charge is 0.481 e. The maximum Gasteiger partial charge on any atom is 0.221 e. The van der Waals surface area contributed by atoms with Crippen LogP contribution in [0.3, 0.4) is 0 Å². The zero-order valence-electron chi connectivity index (χ0n) is 13.8. The van der Waals surface area contributed by atoms with Crippen LogP contribution in [0.5, 0.6) is 5.88 Å². The summed E-state index contributed by atoms with van der Waals surface area (Å²) in [7, 11) is 3.50. The van der Waals surface area contributed by atoms with Gasteiger partial charge in [0.15, 0.2) is 0 Å². The van der Waals surface area contributed by atoms with Crippen molar-refractivity contribution in [3.8, 4) is 17.1 Å². The maximum absolute atomic E-state index is 6.37. The number of imidazole rings is 1. The molecule has 21 heavy (non-hydrogen) atoms. The van der Waals surface area contributed by atoms with Crippen LogP contribution in [0.4, 0.5) is 5.82 Å². The third-order valence-electron chi connectivity index (χ3n) is 3.55. The number of hydrogen-bond acceptors (Lipinski definition) is 4. The second-order valence-electron chi connectivity index (χ2n) is 5.71. The molecule has 0 aliphatic carbocycles. The number of aromatic nitrogens is 4. The molecule has 0 aromatic carbocycles. The number of methoxy groups -OCH3 is 1. The summed E-state index contributed by atoms with van der Waals surface area (Å²) in [6, 6.07) is 0. The Kier molecular flexibility index (Phi) is 4.25. The van der Waals surface area contributed by atoms with Crippen LogP contribution >= 0.6 is 0 Å². The van der Waals surface area contributed by atoms with Gasteiger partial charge < -0.3 is 15.0 Å². The lowest BCUT2D eigenvalue weighted by atomic mass is 10.2. The Balaban J connectivity index is 2.63. The standard InChI is InChI=1S/C15H25N5O/c1-7-11-17-13(14(16)20(11)8-9(2)3)12-10(4)18-19(5)15(12)21-6/h9H,7-8,16H2,1-6H3. The minimum atomic E-state index is 0.511. The molecule has 0 saturated heterocycles. The van der Waals surface area contributed by atoms with Crippen molar-refractivity contribution in [3.63, 3.8) is 0 Å². The van der Waals surface area contributed by atoms with Crippen LogP contribution in [0.2, 0.25) is 0 Å². The van der Waals surface area contributed by atoms with E-state index < -0.39 is 0 Å². The molecule has 0 atom stereocenters. The zero-order chi connectivity index (χ0) is 15.7. The van der Waals surface area contributed by atoms with Crippen LogP contribution in [-0.2, 0) is 20.0 Å². The second-order valence-corrected chi connectivity index (χ2v) is 5.71. The first-order valence-electron chi connectivity index (χ1n) is 7.33. The van der Waals surface area contributed by atoms with Gasteiger partial charge in [0.1, 0.15) is 17.3 Å². The van der Waals surface area contributed by atoms with E-state index >= 15 is 0 Å². The number of nitrogen functional groups attached to an aromatic ring is 1. The van der Waals surface area contributed by atoms with E-state index in [2.05, 4.69) is 30.4 Å². The topological polar surface area (TPSA) is 70.9 Å². The molecule has 6 heteroatoms. The number of nitrogens with zero attached hydrogens (tertiary/aromatic N) is 4. The van der Waals surface area contributed by atoms with Crippen molar-refractivity contribution in [2.75, 3.05) is 12.8 Å². The molecule has 0 aliphatic heterocycles. The summed E-state index contributed by atoms with van der Waals surface area (Å²) in [6.07, 6.45) is 0.846. The molecule has 2 rings (SSSR count). The summed E-state index contributed by atoms with van der Waals surface area (Å²) in [5.41, 5.74) is 8.90. The van der Waals surface area contributed by atoms with E-state index in [0.29, 0.717) is 17.6 Å². The van der Waals surface area contributed by atoms with Crippen LogP contribution in [0.1, 0.15) is 32.3 Å². The number of anilines is 1. The highest BCUT2D eigenvalue weighted by atomic mass is 16.5. The van der Waals surface area contributed by atoms with Crippen molar-refractivity contribution in [2.24, 2.45) is 13.0 Å². The van der Waals surface area contributed by atoms with Gasteiger partial charge in [-0.15, -0.1) is 0 Å². The van der Waals surface area contributed by atoms with Crippen molar-refractivity contribution in [3.05, 3.63) is 11.5 Å². The summed E-state index contributed by atoms with van der Waals surface area (Å²) in [4.78, 5) is 4.74. The molecule has 2 N–H and O–H groups in total. The maximum atomic E-state index is 6.37. The normalized spacial score (nSPS) is 11.4. The van der Waals surface area contributed by atoms with Gasteiger partial charge in [0.2, 0.25) is 5.88 Å².